The maximum atomic E-state index is 13.2. The van der Waals surface area contributed by atoms with Crippen LogP contribution in [0.25, 0.3) is 0 Å². The Bertz CT molecular complexity index is 815. The predicted molar refractivity (Wildman–Crippen MR) is 119 cm³/mol. The van der Waals surface area contributed by atoms with Crippen LogP contribution in [0.5, 0.6) is 0 Å². The SMILES string of the molecule is CCCC(=O)N(c1ccccc1)C1(C(=O)OC)CCN(CCc2ccccc2)CC1. The van der Waals surface area contributed by atoms with E-state index in [4.69, 9.17) is 4.74 Å². The Kier molecular flexibility index (Phi) is 7.63. The van der Waals surface area contributed by atoms with Crippen molar-refractivity contribution in [2.24, 2.45) is 0 Å². The van der Waals surface area contributed by atoms with E-state index < -0.39 is 5.54 Å². The van der Waals surface area contributed by atoms with E-state index in [0.717, 1.165) is 38.2 Å². The van der Waals surface area contributed by atoms with E-state index in [1.165, 1.54) is 12.7 Å². The van der Waals surface area contributed by atoms with Crippen molar-refractivity contribution in [2.75, 3.05) is 31.6 Å². The van der Waals surface area contributed by atoms with Crippen LogP contribution in [0.15, 0.2) is 60.7 Å². The van der Waals surface area contributed by atoms with Crippen LogP contribution in [0, 0.1) is 0 Å². The third-order valence-electron chi connectivity index (χ3n) is 5.96. The molecule has 0 aliphatic carbocycles. The molecule has 1 saturated heterocycles. The molecule has 0 N–H and O–H groups in total. The molecule has 1 heterocycles. The van der Waals surface area contributed by atoms with Crippen molar-refractivity contribution in [1.29, 1.82) is 0 Å². The summed E-state index contributed by atoms with van der Waals surface area (Å²) in [5.41, 5.74) is 1.12. The number of methoxy groups -OCH3 is 1. The molecule has 0 saturated carbocycles. The van der Waals surface area contributed by atoms with E-state index in [1.807, 2.05) is 43.3 Å². The first-order valence-electron chi connectivity index (χ1n) is 10.8. The van der Waals surface area contributed by atoms with Crippen molar-refractivity contribution >= 4 is 17.6 Å². The van der Waals surface area contributed by atoms with Gasteiger partial charge in [-0.3, -0.25) is 9.69 Å². The number of ether oxygens (including phenoxy) is 1. The first-order chi connectivity index (χ1) is 14.6. The fourth-order valence-electron chi connectivity index (χ4n) is 4.32. The van der Waals surface area contributed by atoms with Gasteiger partial charge in [-0.25, -0.2) is 4.79 Å². The predicted octanol–water partition coefficient (Wildman–Crippen LogP) is 4.07. The van der Waals surface area contributed by atoms with Gasteiger partial charge >= 0.3 is 5.97 Å². The van der Waals surface area contributed by atoms with Gasteiger partial charge < -0.3 is 9.64 Å². The molecule has 5 heteroatoms. The van der Waals surface area contributed by atoms with E-state index in [2.05, 4.69) is 29.2 Å². The second-order valence-electron chi connectivity index (χ2n) is 7.92. The minimum Gasteiger partial charge on any atom is -0.467 e. The molecule has 3 rings (SSSR count). The van der Waals surface area contributed by atoms with Gasteiger partial charge in [0.15, 0.2) is 0 Å². The van der Waals surface area contributed by atoms with Gasteiger partial charge in [0.1, 0.15) is 5.54 Å². The van der Waals surface area contributed by atoms with Crippen LogP contribution in [-0.2, 0) is 20.7 Å². The third kappa shape index (κ3) is 4.90. The van der Waals surface area contributed by atoms with Gasteiger partial charge in [0.05, 0.1) is 7.11 Å². The lowest BCUT2D eigenvalue weighted by atomic mass is 9.84. The molecule has 0 unspecified atom stereocenters. The van der Waals surface area contributed by atoms with Crippen LogP contribution in [-0.4, -0.2) is 49.1 Å². The number of hydrogen-bond donors (Lipinski definition) is 0. The molecular formula is C25H32N2O3. The third-order valence-corrected chi connectivity index (χ3v) is 5.96. The largest absolute Gasteiger partial charge is 0.467 e. The van der Waals surface area contributed by atoms with E-state index in [1.54, 1.807) is 4.90 Å². The summed E-state index contributed by atoms with van der Waals surface area (Å²) in [5, 5.41) is 0. The Labute approximate surface area is 179 Å². The number of rotatable bonds is 8. The van der Waals surface area contributed by atoms with Gasteiger partial charge in [0.2, 0.25) is 5.91 Å². The number of anilines is 1. The lowest BCUT2D eigenvalue weighted by molar-refractivity contribution is -0.151. The standard InChI is InChI=1S/C25H32N2O3/c1-3-10-23(28)27(22-13-8-5-9-14-22)25(24(29)30-2)16-19-26(20-17-25)18-15-21-11-6-4-7-12-21/h4-9,11-14H,3,10,15-20H2,1-2H3. The average molecular weight is 409 g/mol. The summed E-state index contributed by atoms with van der Waals surface area (Å²) in [4.78, 5) is 30.3. The highest BCUT2D eigenvalue weighted by molar-refractivity contribution is 6.02. The monoisotopic (exact) mass is 408 g/mol. The molecule has 2 aromatic carbocycles. The van der Waals surface area contributed by atoms with Crippen molar-refractivity contribution in [3.05, 3.63) is 66.2 Å². The Hall–Kier alpha value is -2.66. The summed E-state index contributed by atoms with van der Waals surface area (Å²) < 4.78 is 5.24. The topological polar surface area (TPSA) is 49.9 Å². The molecule has 0 bridgehead atoms. The summed E-state index contributed by atoms with van der Waals surface area (Å²) >= 11 is 0. The normalized spacial score (nSPS) is 16.1. The lowest BCUT2D eigenvalue weighted by Gasteiger charge is -2.46. The molecule has 0 atom stereocenters. The molecule has 5 nitrogen and oxygen atoms in total. The number of esters is 1. The first-order valence-corrected chi connectivity index (χ1v) is 10.8. The minimum atomic E-state index is -0.953. The number of hydrogen-bond acceptors (Lipinski definition) is 4. The van der Waals surface area contributed by atoms with Gasteiger partial charge in [-0.1, -0.05) is 55.5 Å². The molecule has 2 aromatic rings. The van der Waals surface area contributed by atoms with Gasteiger partial charge in [0.25, 0.3) is 0 Å². The number of nitrogens with zero attached hydrogens (tertiary/aromatic N) is 2. The van der Waals surface area contributed by atoms with Crippen LogP contribution >= 0.6 is 0 Å². The average Bonchev–Trinajstić information content (AvgIpc) is 2.79. The molecule has 30 heavy (non-hydrogen) atoms. The molecule has 160 valence electrons. The summed E-state index contributed by atoms with van der Waals surface area (Å²) in [7, 11) is 1.42. The van der Waals surface area contributed by atoms with Gasteiger partial charge in [0, 0.05) is 31.7 Å². The molecule has 1 amide bonds. The summed E-state index contributed by atoms with van der Waals surface area (Å²) in [6.45, 7) is 4.43. The Morgan fingerprint density at radius 1 is 1.00 bits per heavy atom. The van der Waals surface area contributed by atoms with E-state index >= 15 is 0 Å². The number of carbonyl (C=O) groups excluding carboxylic acids is 2. The molecule has 1 fully saturated rings. The Balaban J connectivity index is 1.80. The minimum absolute atomic E-state index is 0.0214. The maximum Gasteiger partial charge on any atom is 0.332 e. The number of benzene rings is 2. The fraction of sp³-hybridized carbons (Fsp3) is 0.440. The number of piperidine rings is 1. The molecule has 0 radical (unpaired) electrons. The summed E-state index contributed by atoms with van der Waals surface area (Å²) in [5.74, 6) is -0.342. The zero-order chi connectivity index (χ0) is 21.4. The van der Waals surface area contributed by atoms with Crippen LogP contribution < -0.4 is 4.90 Å². The van der Waals surface area contributed by atoms with Crippen LogP contribution in [0.3, 0.4) is 0 Å². The highest BCUT2D eigenvalue weighted by Gasteiger charge is 2.49. The molecular weight excluding hydrogens is 376 g/mol. The smallest absolute Gasteiger partial charge is 0.332 e. The molecule has 0 spiro atoms. The number of para-hydroxylation sites is 1. The molecule has 1 aliphatic heterocycles. The van der Waals surface area contributed by atoms with Gasteiger partial charge in [-0.2, -0.15) is 0 Å². The van der Waals surface area contributed by atoms with Crippen molar-refractivity contribution in [3.63, 3.8) is 0 Å². The van der Waals surface area contributed by atoms with Crippen LogP contribution in [0.1, 0.15) is 38.2 Å². The van der Waals surface area contributed by atoms with Gasteiger partial charge in [-0.15, -0.1) is 0 Å². The Morgan fingerprint density at radius 2 is 1.60 bits per heavy atom. The van der Waals surface area contributed by atoms with Crippen molar-refractivity contribution in [2.45, 2.75) is 44.6 Å². The molecule has 0 aromatic heterocycles. The highest BCUT2D eigenvalue weighted by Crippen LogP contribution is 2.35. The van der Waals surface area contributed by atoms with Crippen LogP contribution in [0.2, 0.25) is 0 Å². The van der Waals surface area contributed by atoms with Gasteiger partial charge in [-0.05, 0) is 43.4 Å². The lowest BCUT2D eigenvalue weighted by Crippen LogP contribution is -2.62. The van der Waals surface area contributed by atoms with E-state index in [0.29, 0.717) is 19.3 Å². The summed E-state index contributed by atoms with van der Waals surface area (Å²) in [6, 6.07) is 20.0. The summed E-state index contributed by atoms with van der Waals surface area (Å²) in [6.07, 6.45) is 3.26. The number of carbonyl (C=O) groups is 2. The number of amides is 1. The maximum absolute atomic E-state index is 13.2. The fourth-order valence-corrected chi connectivity index (χ4v) is 4.32. The quantitative estimate of drug-likeness (QED) is 0.618. The molecule has 1 aliphatic rings. The van der Waals surface area contributed by atoms with Crippen LogP contribution in [0.4, 0.5) is 5.69 Å². The van der Waals surface area contributed by atoms with Crippen molar-refractivity contribution in [3.8, 4) is 0 Å². The van der Waals surface area contributed by atoms with Crippen molar-refractivity contribution in [1.82, 2.24) is 4.90 Å². The number of likely N-dealkylation sites (tertiary alicyclic amines) is 1. The zero-order valence-electron chi connectivity index (χ0n) is 18.0. The second kappa shape index (κ2) is 10.4. The van der Waals surface area contributed by atoms with E-state index in [-0.39, 0.29) is 11.9 Å². The second-order valence-corrected chi connectivity index (χ2v) is 7.92. The highest BCUT2D eigenvalue weighted by atomic mass is 16.5. The Morgan fingerprint density at radius 3 is 2.17 bits per heavy atom. The first kappa shape index (κ1) is 22.0. The van der Waals surface area contributed by atoms with Crippen molar-refractivity contribution < 1.29 is 14.3 Å². The zero-order valence-corrected chi connectivity index (χ0v) is 18.0. The van der Waals surface area contributed by atoms with E-state index in [9.17, 15) is 9.59 Å².